The lowest BCUT2D eigenvalue weighted by Crippen LogP contribution is -2.36. The van der Waals surface area contributed by atoms with Crippen LogP contribution in [0.3, 0.4) is 0 Å². The minimum absolute atomic E-state index is 0.0155. The van der Waals surface area contributed by atoms with Crippen molar-refractivity contribution in [2.45, 2.75) is 52.6 Å². The highest BCUT2D eigenvalue weighted by atomic mass is 35.5. The molecule has 144 valence electrons. The maximum atomic E-state index is 12.1. The molecule has 0 unspecified atom stereocenters. The highest BCUT2D eigenvalue weighted by molar-refractivity contribution is 6.35. The normalized spacial score (nSPS) is 22.9. The second kappa shape index (κ2) is 9.61. The number of esters is 2. The minimum Gasteiger partial charge on any atom is -0.460 e. The fraction of sp³-hybridized carbons (Fsp3) is 0.600. The van der Waals surface area contributed by atoms with Gasteiger partial charge in [0, 0.05) is 10.0 Å². The SMILES string of the molecule is CC(C)[C@H]1CC[C@@H](C)C[C@@H]1OC(=O)COC(=O)Cc1ccc(Cl)cc1Cl. The zero-order valence-corrected chi connectivity index (χ0v) is 17.0. The van der Waals surface area contributed by atoms with Crippen LogP contribution >= 0.6 is 23.2 Å². The molecule has 0 radical (unpaired) electrons. The fourth-order valence-electron chi connectivity index (χ4n) is 3.46. The second-order valence-corrected chi connectivity index (χ2v) is 8.27. The van der Waals surface area contributed by atoms with Crippen LogP contribution in [0.4, 0.5) is 0 Å². The van der Waals surface area contributed by atoms with Crippen LogP contribution in [-0.2, 0) is 25.5 Å². The quantitative estimate of drug-likeness (QED) is 0.624. The molecular formula is C20H26Cl2O4. The van der Waals surface area contributed by atoms with Crippen molar-refractivity contribution < 1.29 is 19.1 Å². The van der Waals surface area contributed by atoms with E-state index >= 15 is 0 Å². The molecule has 4 nitrogen and oxygen atoms in total. The molecule has 1 aliphatic carbocycles. The number of halogens is 2. The molecule has 1 saturated carbocycles. The van der Waals surface area contributed by atoms with Crippen molar-refractivity contribution in [1.29, 1.82) is 0 Å². The summed E-state index contributed by atoms with van der Waals surface area (Å²) in [5.41, 5.74) is 0.607. The zero-order valence-electron chi connectivity index (χ0n) is 15.5. The van der Waals surface area contributed by atoms with Crippen LogP contribution in [0.1, 0.15) is 45.6 Å². The fourth-order valence-corrected chi connectivity index (χ4v) is 3.94. The summed E-state index contributed by atoms with van der Waals surface area (Å²) in [6.45, 7) is 6.10. The van der Waals surface area contributed by atoms with Crippen molar-refractivity contribution in [3.63, 3.8) is 0 Å². The van der Waals surface area contributed by atoms with E-state index in [1.165, 1.54) is 0 Å². The third kappa shape index (κ3) is 6.17. The van der Waals surface area contributed by atoms with Gasteiger partial charge in [-0.05, 0) is 48.3 Å². The van der Waals surface area contributed by atoms with Crippen molar-refractivity contribution in [2.24, 2.45) is 17.8 Å². The molecule has 2 rings (SSSR count). The second-order valence-electron chi connectivity index (χ2n) is 7.43. The van der Waals surface area contributed by atoms with E-state index in [0.29, 0.717) is 33.4 Å². The predicted octanol–water partition coefficient (Wildman–Crippen LogP) is 5.08. The first kappa shape index (κ1) is 21.0. The van der Waals surface area contributed by atoms with Gasteiger partial charge in [-0.15, -0.1) is 0 Å². The monoisotopic (exact) mass is 400 g/mol. The number of carbonyl (C=O) groups is 2. The Hall–Kier alpha value is -1.26. The lowest BCUT2D eigenvalue weighted by molar-refractivity contribution is -0.166. The number of carbonyl (C=O) groups excluding carboxylic acids is 2. The van der Waals surface area contributed by atoms with E-state index in [1.807, 2.05) is 0 Å². The van der Waals surface area contributed by atoms with E-state index in [4.69, 9.17) is 32.7 Å². The Bertz CT molecular complexity index is 645. The Kier molecular flexibility index (Phi) is 7.78. The molecule has 0 heterocycles. The smallest absolute Gasteiger partial charge is 0.344 e. The van der Waals surface area contributed by atoms with Crippen LogP contribution in [0.25, 0.3) is 0 Å². The first-order valence-electron chi connectivity index (χ1n) is 9.05. The van der Waals surface area contributed by atoms with E-state index < -0.39 is 11.9 Å². The summed E-state index contributed by atoms with van der Waals surface area (Å²) in [7, 11) is 0. The molecule has 6 heteroatoms. The summed E-state index contributed by atoms with van der Waals surface area (Å²) in [5.74, 6) is 0.333. The molecule has 26 heavy (non-hydrogen) atoms. The van der Waals surface area contributed by atoms with E-state index in [-0.39, 0.29) is 19.1 Å². The molecule has 1 aliphatic rings. The van der Waals surface area contributed by atoms with Crippen LogP contribution in [-0.4, -0.2) is 24.6 Å². The van der Waals surface area contributed by atoms with Gasteiger partial charge in [-0.25, -0.2) is 4.79 Å². The average Bonchev–Trinajstić information content (AvgIpc) is 2.55. The molecule has 0 aromatic heterocycles. The molecular weight excluding hydrogens is 375 g/mol. The average molecular weight is 401 g/mol. The third-order valence-electron chi connectivity index (χ3n) is 4.95. The molecule has 1 aromatic carbocycles. The van der Waals surface area contributed by atoms with Gasteiger partial charge in [0.25, 0.3) is 0 Å². The molecule has 0 saturated heterocycles. The van der Waals surface area contributed by atoms with Gasteiger partial charge in [-0.2, -0.15) is 0 Å². The predicted molar refractivity (Wildman–Crippen MR) is 102 cm³/mol. The highest BCUT2D eigenvalue weighted by Gasteiger charge is 2.33. The van der Waals surface area contributed by atoms with Crippen LogP contribution in [0.5, 0.6) is 0 Å². The van der Waals surface area contributed by atoms with Crippen molar-refractivity contribution in [3.05, 3.63) is 33.8 Å². The molecule has 1 fully saturated rings. The van der Waals surface area contributed by atoms with E-state index in [1.54, 1.807) is 18.2 Å². The standard InChI is InChI=1S/C20H26Cl2O4/c1-12(2)16-7-4-13(3)8-18(16)26-20(24)11-25-19(23)9-14-5-6-15(21)10-17(14)22/h5-6,10,12-13,16,18H,4,7-9,11H2,1-3H3/t13-,16-,18+/m1/s1. The highest BCUT2D eigenvalue weighted by Crippen LogP contribution is 2.35. The topological polar surface area (TPSA) is 52.6 Å². The van der Waals surface area contributed by atoms with Crippen molar-refractivity contribution in [1.82, 2.24) is 0 Å². The number of hydrogen-bond donors (Lipinski definition) is 0. The largest absolute Gasteiger partial charge is 0.460 e. The Balaban J connectivity index is 1.82. The first-order valence-corrected chi connectivity index (χ1v) is 9.81. The van der Waals surface area contributed by atoms with Gasteiger partial charge in [0.2, 0.25) is 0 Å². The molecule has 0 aliphatic heterocycles. The Labute approximate surface area is 165 Å². The summed E-state index contributed by atoms with van der Waals surface area (Å²) in [6, 6.07) is 4.89. The lowest BCUT2D eigenvalue weighted by atomic mass is 9.75. The van der Waals surface area contributed by atoms with Crippen molar-refractivity contribution in [2.75, 3.05) is 6.61 Å². The van der Waals surface area contributed by atoms with Crippen LogP contribution in [0.2, 0.25) is 10.0 Å². The number of ether oxygens (including phenoxy) is 2. The maximum absolute atomic E-state index is 12.1. The summed E-state index contributed by atoms with van der Waals surface area (Å²) in [6.07, 6.45) is 2.97. The molecule has 0 amide bonds. The van der Waals surface area contributed by atoms with E-state index in [2.05, 4.69) is 20.8 Å². The molecule has 1 aromatic rings. The lowest BCUT2D eigenvalue weighted by Gasteiger charge is -2.36. The van der Waals surface area contributed by atoms with Crippen LogP contribution < -0.4 is 0 Å². The van der Waals surface area contributed by atoms with Gasteiger partial charge in [0.1, 0.15) is 6.10 Å². The van der Waals surface area contributed by atoms with Crippen molar-refractivity contribution >= 4 is 35.1 Å². The van der Waals surface area contributed by atoms with Gasteiger partial charge in [0.15, 0.2) is 6.61 Å². The van der Waals surface area contributed by atoms with Gasteiger partial charge >= 0.3 is 11.9 Å². The summed E-state index contributed by atoms with van der Waals surface area (Å²) in [4.78, 5) is 24.1. The molecule has 0 spiro atoms. The Morgan fingerprint density at radius 1 is 1.19 bits per heavy atom. The number of hydrogen-bond acceptors (Lipinski definition) is 4. The van der Waals surface area contributed by atoms with Crippen LogP contribution in [0, 0.1) is 17.8 Å². The molecule has 0 bridgehead atoms. The maximum Gasteiger partial charge on any atom is 0.344 e. The Morgan fingerprint density at radius 3 is 2.58 bits per heavy atom. The number of benzene rings is 1. The third-order valence-corrected chi connectivity index (χ3v) is 5.53. The summed E-state index contributed by atoms with van der Waals surface area (Å²) < 4.78 is 10.7. The van der Waals surface area contributed by atoms with Crippen LogP contribution in [0.15, 0.2) is 18.2 Å². The van der Waals surface area contributed by atoms with Gasteiger partial charge in [-0.3, -0.25) is 4.79 Å². The Morgan fingerprint density at radius 2 is 1.92 bits per heavy atom. The number of rotatable bonds is 6. The summed E-state index contributed by atoms with van der Waals surface area (Å²) >= 11 is 11.9. The first-order chi connectivity index (χ1) is 12.3. The minimum atomic E-state index is -0.524. The summed E-state index contributed by atoms with van der Waals surface area (Å²) in [5, 5.41) is 0.894. The van der Waals surface area contributed by atoms with Gasteiger partial charge in [0.05, 0.1) is 6.42 Å². The molecule has 0 N–H and O–H groups in total. The van der Waals surface area contributed by atoms with E-state index in [0.717, 1.165) is 19.3 Å². The zero-order chi connectivity index (χ0) is 19.3. The van der Waals surface area contributed by atoms with E-state index in [9.17, 15) is 9.59 Å². The molecule has 3 atom stereocenters. The van der Waals surface area contributed by atoms with Gasteiger partial charge < -0.3 is 9.47 Å². The van der Waals surface area contributed by atoms with Gasteiger partial charge in [-0.1, -0.05) is 56.5 Å². The van der Waals surface area contributed by atoms with Crippen molar-refractivity contribution in [3.8, 4) is 0 Å².